The number of hydrogen-bond acceptors (Lipinski definition) is 5. The number of rotatable bonds is 3. The Balaban J connectivity index is 1.51. The van der Waals surface area contributed by atoms with E-state index >= 15 is 0 Å². The minimum atomic E-state index is 0.110. The van der Waals surface area contributed by atoms with E-state index in [-0.39, 0.29) is 17.9 Å². The van der Waals surface area contributed by atoms with Gasteiger partial charge in [-0.1, -0.05) is 5.21 Å². The molecule has 7 nitrogen and oxygen atoms in total. The van der Waals surface area contributed by atoms with E-state index in [1.807, 2.05) is 28.6 Å². The number of nitrogens with zero attached hydrogens (tertiary/aromatic N) is 5. The molecule has 0 bridgehead atoms. The summed E-state index contributed by atoms with van der Waals surface area (Å²) in [6, 6.07) is 2.22. The number of fused-ring (bicyclic) bond motifs is 3. The SMILES string of the molecule is CC(=O)c1cc(CN2CC[C@@H]3OCc4cnnn4[C@@H]3C2)n(C)c1. The normalized spacial score (nSPS) is 24.3. The Bertz CT molecular complexity index is 735. The number of carbonyl (C=O) groups excluding carboxylic acids is 1. The molecule has 23 heavy (non-hydrogen) atoms. The molecule has 0 aromatic carbocycles. The first kappa shape index (κ1) is 14.6. The topological polar surface area (TPSA) is 65.2 Å². The van der Waals surface area contributed by atoms with Crippen molar-refractivity contribution < 1.29 is 9.53 Å². The van der Waals surface area contributed by atoms with Crippen molar-refractivity contribution in [1.82, 2.24) is 24.5 Å². The molecule has 0 radical (unpaired) electrons. The highest BCUT2D eigenvalue weighted by atomic mass is 16.5. The molecule has 2 aliphatic heterocycles. The highest BCUT2D eigenvalue weighted by Crippen LogP contribution is 2.30. The highest BCUT2D eigenvalue weighted by molar-refractivity contribution is 5.94. The van der Waals surface area contributed by atoms with Crippen LogP contribution in [-0.4, -0.2) is 49.4 Å². The molecule has 1 saturated heterocycles. The molecule has 0 saturated carbocycles. The lowest BCUT2D eigenvalue weighted by molar-refractivity contribution is -0.0672. The summed E-state index contributed by atoms with van der Waals surface area (Å²) in [6.45, 7) is 4.93. The lowest BCUT2D eigenvalue weighted by atomic mass is 10.0. The molecule has 0 unspecified atom stereocenters. The van der Waals surface area contributed by atoms with Gasteiger partial charge in [-0.05, 0) is 19.4 Å². The van der Waals surface area contributed by atoms with E-state index in [9.17, 15) is 4.79 Å². The first-order valence-electron chi connectivity index (χ1n) is 8.01. The van der Waals surface area contributed by atoms with Gasteiger partial charge in [0.1, 0.15) is 0 Å². The fourth-order valence-corrected chi connectivity index (χ4v) is 3.58. The lowest BCUT2D eigenvalue weighted by Gasteiger charge is -2.41. The Hall–Kier alpha value is -1.99. The number of Topliss-reactive ketones (excluding diaryl/α,β-unsaturated/α-hetero) is 1. The third-order valence-corrected chi connectivity index (χ3v) is 4.91. The monoisotopic (exact) mass is 315 g/mol. The Kier molecular flexibility index (Phi) is 3.54. The van der Waals surface area contributed by atoms with Crippen molar-refractivity contribution in [3.63, 3.8) is 0 Å². The Morgan fingerprint density at radius 2 is 2.35 bits per heavy atom. The van der Waals surface area contributed by atoms with E-state index in [1.54, 1.807) is 13.1 Å². The maximum atomic E-state index is 11.5. The average Bonchev–Trinajstić information content (AvgIpc) is 3.14. The average molecular weight is 315 g/mol. The number of ether oxygens (including phenoxy) is 1. The van der Waals surface area contributed by atoms with Crippen LogP contribution in [0, 0.1) is 0 Å². The first-order chi connectivity index (χ1) is 11.1. The van der Waals surface area contributed by atoms with Crippen molar-refractivity contribution in [3.8, 4) is 0 Å². The van der Waals surface area contributed by atoms with E-state index < -0.39 is 0 Å². The predicted molar refractivity (Wildman–Crippen MR) is 82.9 cm³/mol. The summed E-state index contributed by atoms with van der Waals surface area (Å²) in [4.78, 5) is 13.9. The third-order valence-electron chi connectivity index (χ3n) is 4.91. The molecule has 7 heteroatoms. The van der Waals surface area contributed by atoms with Crippen molar-refractivity contribution in [2.24, 2.45) is 7.05 Å². The molecular formula is C16H21N5O2. The van der Waals surface area contributed by atoms with E-state index in [0.29, 0.717) is 6.61 Å². The van der Waals surface area contributed by atoms with Gasteiger partial charge >= 0.3 is 0 Å². The number of likely N-dealkylation sites (tertiary alicyclic amines) is 1. The summed E-state index contributed by atoms with van der Waals surface area (Å²) in [5, 5.41) is 8.25. The quantitative estimate of drug-likeness (QED) is 0.796. The summed E-state index contributed by atoms with van der Waals surface area (Å²) in [5.74, 6) is 0.110. The number of hydrogen-bond donors (Lipinski definition) is 0. The van der Waals surface area contributed by atoms with Gasteiger partial charge in [0.15, 0.2) is 5.78 Å². The van der Waals surface area contributed by atoms with Crippen LogP contribution in [-0.2, 0) is 24.9 Å². The first-order valence-corrected chi connectivity index (χ1v) is 8.01. The Labute approximate surface area is 134 Å². The lowest BCUT2D eigenvalue weighted by Crippen LogP contribution is -2.47. The minimum Gasteiger partial charge on any atom is -0.370 e. The van der Waals surface area contributed by atoms with Gasteiger partial charge in [0.25, 0.3) is 0 Å². The van der Waals surface area contributed by atoms with Gasteiger partial charge in [-0.3, -0.25) is 9.69 Å². The van der Waals surface area contributed by atoms with Crippen molar-refractivity contribution in [1.29, 1.82) is 0 Å². The number of aryl methyl sites for hydroxylation is 1. The zero-order valence-corrected chi connectivity index (χ0v) is 13.5. The summed E-state index contributed by atoms with van der Waals surface area (Å²) in [6.07, 6.45) is 4.91. The van der Waals surface area contributed by atoms with Crippen LogP contribution in [0.5, 0.6) is 0 Å². The summed E-state index contributed by atoms with van der Waals surface area (Å²) in [5.41, 5.74) is 2.98. The number of ketones is 1. The van der Waals surface area contributed by atoms with Crippen molar-refractivity contribution in [2.45, 2.75) is 38.6 Å². The zero-order chi connectivity index (χ0) is 16.0. The van der Waals surface area contributed by atoms with Crippen LogP contribution in [0.3, 0.4) is 0 Å². The van der Waals surface area contributed by atoms with Crippen molar-refractivity contribution >= 4 is 5.78 Å². The van der Waals surface area contributed by atoms with E-state index in [1.165, 1.54) is 0 Å². The number of carbonyl (C=O) groups is 1. The zero-order valence-electron chi connectivity index (χ0n) is 13.5. The molecule has 1 fully saturated rings. The van der Waals surface area contributed by atoms with E-state index in [2.05, 4.69) is 15.2 Å². The van der Waals surface area contributed by atoms with Gasteiger partial charge in [0.05, 0.1) is 30.6 Å². The van der Waals surface area contributed by atoms with Crippen LogP contribution in [0.4, 0.5) is 0 Å². The van der Waals surface area contributed by atoms with Crippen molar-refractivity contribution in [2.75, 3.05) is 13.1 Å². The molecule has 2 aliphatic rings. The van der Waals surface area contributed by atoms with Gasteiger partial charge in [-0.15, -0.1) is 5.10 Å². The van der Waals surface area contributed by atoms with Gasteiger partial charge in [0.2, 0.25) is 0 Å². The molecule has 0 spiro atoms. The van der Waals surface area contributed by atoms with E-state index in [4.69, 9.17) is 4.74 Å². The number of piperidine rings is 1. The van der Waals surface area contributed by atoms with Gasteiger partial charge in [-0.25, -0.2) is 4.68 Å². The predicted octanol–water partition coefficient (Wildman–Crippen LogP) is 1.16. The molecule has 2 aromatic rings. The molecule has 2 aromatic heterocycles. The molecule has 2 atom stereocenters. The second-order valence-electron chi connectivity index (χ2n) is 6.50. The largest absolute Gasteiger partial charge is 0.370 e. The van der Waals surface area contributed by atoms with E-state index in [0.717, 1.165) is 43.0 Å². The minimum absolute atomic E-state index is 0.110. The molecule has 0 N–H and O–H groups in total. The van der Waals surface area contributed by atoms with Crippen LogP contribution in [0.15, 0.2) is 18.5 Å². The molecule has 0 amide bonds. The van der Waals surface area contributed by atoms with Crippen LogP contribution in [0.25, 0.3) is 0 Å². The number of aromatic nitrogens is 4. The van der Waals surface area contributed by atoms with Crippen LogP contribution < -0.4 is 0 Å². The second kappa shape index (κ2) is 5.58. The maximum absolute atomic E-state index is 11.5. The molecule has 4 heterocycles. The van der Waals surface area contributed by atoms with Gasteiger partial charge in [0, 0.05) is 44.1 Å². The second-order valence-corrected chi connectivity index (χ2v) is 6.50. The van der Waals surface area contributed by atoms with Gasteiger partial charge < -0.3 is 9.30 Å². The molecular weight excluding hydrogens is 294 g/mol. The summed E-state index contributed by atoms with van der Waals surface area (Å²) >= 11 is 0. The van der Waals surface area contributed by atoms with Crippen LogP contribution >= 0.6 is 0 Å². The Morgan fingerprint density at radius 3 is 3.13 bits per heavy atom. The Morgan fingerprint density at radius 1 is 1.48 bits per heavy atom. The van der Waals surface area contributed by atoms with Crippen LogP contribution in [0.2, 0.25) is 0 Å². The molecule has 122 valence electrons. The standard InChI is InChI=1S/C16H21N5O2/c1-11(22)12-5-13(19(2)7-12)8-20-4-3-16-15(9-20)21-14(10-23-16)6-17-18-21/h5-7,15-16H,3-4,8-10H2,1-2H3/t15-,16+/m1/s1. The fourth-order valence-electron chi connectivity index (χ4n) is 3.58. The van der Waals surface area contributed by atoms with Crippen molar-refractivity contribution in [3.05, 3.63) is 35.4 Å². The molecule has 0 aliphatic carbocycles. The summed E-state index contributed by atoms with van der Waals surface area (Å²) in [7, 11) is 1.99. The van der Waals surface area contributed by atoms with Gasteiger partial charge in [-0.2, -0.15) is 0 Å². The highest BCUT2D eigenvalue weighted by Gasteiger charge is 2.36. The maximum Gasteiger partial charge on any atom is 0.161 e. The summed E-state index contributed by atoms with van der Waals surface area (Å²) < 4.78 is 10.0. The third kappa shape index (κ3) is 2.60. The fraction of sp³-hybridized carbons (Fsp3) is 0.562. The molecule has 4 rings (SSSR count). The smallest absolute Gasteiger partial charge is 0.161 e. The van der Waals surface area contributed by atoms with Crippen LogP contribution in [0.1, 0.15) is 41.1 Å².